The van der Waals surface area contributed by atoms with Gasteiger partial charge in [-0.3, -0.25) is 0 Å². The van der Waals surface area contributed by atoms with Crippen LogP contribution in [0.5, 0.6) is 5.75 Å². The van der Waals surface area contributed by atoms with Crippen molar-refractivity contribution in [1.29, 1.82) is 0 Å². The lowest BCUT2D eigenvalue weighted by Gasteiger charge is -1.82. The summed E-state index contributed by atoms with van der Waals surface area (Å²) < 4.78 is 0. The van der Waals surface area contributed by atoms with E-state index in [0.29, 0.717) is 5.75 Å². The molecule has 0 unspecified atom stereocenters. The molecule has 0 bridgehead atoms. The molecule has 0 aromatic heterocycles. The largest absolute Gasteiger partial charge is 0.508 e. The van der Waals surface area contributed by atoms with Crippen LogP contribution in [0.4, 0.5) is 0 Å². The minimum Gasteiger partial charge on any atom is -0.508 e. The molecule has 0 aliphatic carbocycles. The highest BCUT2D eigenvalue weighted by atomic mass is 16.3. The Hall–Kier alpha value is -1.31. The Morgan fingerprint density at radius 3 is 1.64 bits per heavy atom. The van der Waals surface area contributed by atoms with Crippen molar-refractivity contribution < 1.29 is 9.90 Å². The van der Waals surface area contributed by atoms with Crippen molar-refractivity contribution in [3.63, 3.8) is 0 Å². The Kier molecular flexibility index (Phi) is 12.9. The second kappa shape index (κ2) is 11.5. The summed E-state index contributed by atoms with van der Waals surface area (Å²) in [6.45, 7) is 6.00. The van der Waals surface area contributed by atoms with Crippen molar-refractivity contribution >= 4 is 6.79 Å². The summed E-state index contributed by atoms with van der Waals surface area (Å²) >= 11 is 0. The molecular formula is C9H14O2. The molecular weight excluding hydrogens is 140 g/mol. The first kappa shape index (κ1) is 12.4. The number of para-hydroxylation sites is 1. The van der Waals surface area contributed by atoms with Gasteiger partial charge in [0.15, 0.2) is 0 Å². The molecule has 0 saturated carbocycles. The summed E-state index contributed by atoms with van der Waals surface area (Å²) in [5.41, 5.74) is 0. The molecule has 1 rings (SSSR count). The van der Waals surface area contributed by atoms with Crippen molar-refractivity contribution in [1.82, 2.24) is 0 Å². The van der Waals surface area contributed by atoms with Crippen LogP contribution in [-0.2, 0) is 4.79 Å². The van der Waals surface area contributed by atoms with Crippen molar-refractivity contribution in [3.8, 4) is 5.75 Å². The van der Waals surface area contributed by atoms with Gasteiger partial charge >= 0.3 is 0 Å². The lowest BCUT2D eigenvalue weighted by Crippen LogP contribution is -1.56. The van der Waals surface area contributed by atoms with Crippen LogP contribution in [-0.4, -0.2) is 11.9 Å². The van der Waals surface area contributed by atoms with Crippen molar-refractivity contribution in [2.24, 2.45) is 0 Å². The van der Waals surface area contributed by atoms with Gasteiger partial charge in [0, 0.05) is 0 Å². The van der Waals surface area contributed by atoms with Gasteiger partial charge in [-0.05, 0) is 12.1 Å². The van der Waals surface area contributed by atoms with Crippen LogP contribution in [0.2, 0.25) is 0 Å². The molecule has 0 aliphatic rings. The highest BCUT2D eigenvalue weighted by Crippen LogP contribution is 2.02. The van der Waals surface area contributed by atoms with Gasteiger partial charge in [0.2, 0.25) is 0 Å². The SMILES string of the molecule is C=O.CC.Oc1ccccc1. The van der Waals surface area contributed by atoms with E-state index in [1.165, 1.54) is 0 Å². The number of hydrogen-bond acceptors (Lipinski definition) is 2. The zero-order chi connectivity index (χ0) is 9.11. The van der Waals surface area contributed by atoms with Crippen LogP contribution in [0.15, 0.2) is 30.3 Å². The molecule has 2 heteroatoms. The maximum Gasteiger partial charge on any atom is 0.115 e. The fourth-order valence-corrected chi connectivity index (χ4v) is 0.428. The van der Waals surface area contributed by atoms with Crippen LogP contribution in [0, 0.1) is 0 Å². The van der Waals surface area contributed by atoms with Gasteiger partial charge in [0.1, 0.15) is 12.5 Å². The van der Waals surface area contributed by atoms with E-state index in [9.17, 15) is 0 Å². The summed E-state index contributed by atoms with van der Waals surface area (Å²) in [4.78, 5) is 8.00. The average Bonchev–Trinajstić information content (AvgIpc) is 2.13. The first-order chi connectivity index (χ1) is 5.39. The summed E-state index contributed by atoms with van der Waals surface area (Å²) in [6, 6.07) is 8.71. The number of carbonyl (C=O) groups is 1. The smallest absolute Gasteiger partial charge is 0.115 e. The number of phenols is 1. The number of carbonyl (C=O) groups excluding carboxylic acids is 1. The lowest BCUT2D eigenvalue weighted by molar-refractivity contribution is -0.0979. The Morgan fingerprint density at radius 2 is 1.45 bits per heavy atom. The third-order valence-corrected chi connectivity index (χ3v) is 0.756. The average molecular weight is 154 g/mol. The third-order valence-electron chi connectivity index (χ3n) is 0.756. The fraction of sp³-hybridized carbons (Fsp3) is 0.222. The molecule has 1 aromatic carbocycles. The van der Waals surface area contributed by atoms with Gasteiger partial charge in [-0.15, -0.1) is 0 Å². The number of benzene rings is 1. The standard InChI is InChI=1S/C6H6O.C2H6.CH2O/c7-6-4-2-1-3-5-6;2*1-2/h1-5,7H;1-2H3;1H2. The molecule has 2 nitrogen and oxygen atoms in total. The molecule has 0 spiro atoms. The molecule has 0 saturated heterocycles. The molecule has 62 valence electrons. The van der Waals surface area contributed by atoms with Gasteiger partial charge in [-0.1, -0.05) is 32.0 Å². The highest BCUT2D eigenvalue weighted by Gasteiger charge is 1.74. The predicted octanol–water partition coefficient (Wildman–Crippen LogP) is 2.23. The molecule has 0 amide bonds. The Labute approximate surface area is 67.5 Å². The molecule has 0 atom stereocenters. The third kappa shape index (κ3) is 8.69. The maximum atomic E-state index is 8.63. The Balaban J connectivity index is 0. The minimum atomic E-state index is 0.322. The van der Waals surface area contributed by atoms with Crippen LogP contribution in [0.3, 0.4) is 0 Å². The number of aromatic hydroxyl groups is 1. The van der Waals surface area contributed by atoms with E-state index in [2.05, 4.69) is 0 Å². The zero-order valence-corrected chi connectivity index (χ0v) is 6.95. The second-order valence-corrected chi connectivity index (χ2v) is 1.34. The molecule has 0 radical (unpaired) electrons. The first-order valence-corrected chi connectivity index (χ1v) is 3.42. The van der Waals surface area contributed by atoms with E-state index in [1.807, 2.05) is 26.7 Å². The summed E-state index contributed by atoms with van der Waals surface area (Å²) in [5, 5.41) is 8.63. The molecule has 0 aliphatic heterocycles. The quantitative estimate of drug-likeness (QED) is 0.622. The molecule has 0 heterocycles. The number of hydrogen-bond donors (Lipinski definition) is 1. The zero-order valence-electron chi connectivity index (χ0n) is 6.95. The number of phenolic OH excluding ortho intramolecular Hbond substituents is 1. The van der Waals surface area contributed by atoms with Gasteiger partial charge in [0.25, 0.3) is 0 Å². The lowest BCUT2D eigenvalue weighted by atomic mass is 10.3. The van der Waals surface area contributed by atoms with Gasteiger partial charge < -0.3 is 9.90 Å². The van der Waals surface area contributed by atoms with Crippen molar-refractivity contribution in [2.75, 3.05) is 0 Å². The normalized spacial score (nSPS) is 6.36. The van der Waals surface area contributed by atoms with E-state index in [1.54, 1.807) is 24.3 Å². The van der Waals surface area contributed by atoms with Gasteiger partial charge in [-0.25, -0.2) is 0 Å². The highest BCUT2D eigenvalue weighted by molar-refractivity contribution is 5.18. The van der Waals surface area contributed by atoms with E-state index < -0.39 is 0 Å². The Morgan fingerprint density at radius 1 is 1.09 bits per heavy atom. The predicted molar refractivity (Wildman–Crippen MR) is 46.6 cm³/mol. The second-order valence-electron chi connectivity index (χ2n) is 1.34. The molecule has 1 N–H and O–H groups in total. The van der Waals surface area contributed by atoms with Crippen LogP contribution < -0.4 is 0 Å². The molecule has 0 fully saturated rings. The Bertz CT molecular complexity index is 149. The van der Waals surface area contributed by atoms with Crippen molar-refractivity contribution in [2.45, 2.75) is 13.8 Å². The summed E-state index contributed by atoms with van der Waals surface area (Å²) in [5.74, 6) is 0.322. The monoisotopic (exact) mass is 154 g/mol. The first-order valence-electron chi connectivity index (χ1n) is 3.42. The molecule has 1 aromatic rings. The number of rotatable bonds is 0. The van der Waals surface area contributed by atoms with Crippen molar-refractivity contribution in [3.05, 3.63) is 30.3 Å². The summed E-state index contributed by atoms with van der Waals surface area (Å²) in [6.07, 6.45) is 0. The van der Waals surface area contributed by atoms with E-state index in [0.717, 1.165) is 0 Å². The minimum absolute atomic E-state index is 0.322. The molecule has 11 heavy (non-hydrogen) atoms. The maximum absolute atomic E-state index is 8.63. The van der Waals surface area contributed by atoms with Gasteiger partial charge in [-0.2, -0.15) is 0 Å². The van der Waals surface area contributed by atoms with Crippen LogP contribution in [0.1, 0.15) is 13.8 Å². The fourth-order valence-electron chi connectivity index (χ4n) is 0.428. The van der Waals surface area contributed by atoms with E-state index >= 15 is 0 Å². The summed E-state index contributed by atoms with van der Waals surface area (Å²) in [7, 11) is 0. The van der Waals surface area contributed by atoms with E-state index in [4.69, 9.17) is 9.90 Å². The van der Waals surface area contributed by atoms with Crippen LogP contribution in [0.25, 0.3) is 0 Å². The topological polar surface area (TPSA) is 37.3 Å². The van der Waals surface area contributed by atoms with Gasteiger partial charge in [0.05, 0.1) is 0 Å². The van der Waals surface area contributed by atoms with E-state index in [-0.39, 0.29) is 0 Å². The van der Waals surface area contributed by atoms with Crippen LogP contribution >= 0.6 is 0 Å².